The van der Waals surface area contributed by atoms with E-state index in [0.29, 0.717) is 6.04 Å². The number of rotatable bonds is 2. The second-order valence-electron chi connectivity index (χ2n) is 3.75. The van der Waals surface area contributed by atoms with Crippen molar-refractivity contribution in [2.75, 3.05) is 19.6 Å². The van der Waals surface area contributed by atoms with Gasteiger partial charge in [-0.1, -0.05) is 11.6 Å². The molecule has 1 aromatic heterocycles. The molecule has 1 fully saturated rings. The van der Waals surface area contributed by atoms with Crippen LogP contribution >= 0.6 is 35.3 Å². The molecule has 86 valence electrons. The molecular formula is C10H16Cl2N2S. The molecule has 0 spiro atoms. The fourth-order valence-corrected chi connectivity index (χ4v) is 2.85. The molecule has 2 heterocycles. The molecule has 1 aliphatic rings. The van der Waals surface area contributed by atoms with E-state index in [0.717, 1.165) is 31.2 Å². The summed E-state index contributed by atoms with van der Waals surface area (Å²) in [7, 11) is 0. The van der Waals surface area contributed by atoms with Crippen molar-refractivity contribution in [3.63, 3.8) is 0 Å². The summed E-state index contributed by atoms with van der Waals surface area (Å²) in [5.74, 6) is 0. The third-order valence-corrected chi connectivity index (χ3v) is 3.89. The third kappa shape index (κ3) is 3.61. The van der Waals surface area contributed by atoms with Crippen molar-refractivity contribution in [1.29, 1.82) is 0 Å². The van der Waals surface area contributed by atoms with Crippen molar-refractivity contribution >= 4 is 35.3 Å². The second kappa shape index (κ2) is 6.06. The van der Waals surface area contributed by atoms with Crippen LogP contribution in [0.1, 0.15) is 11.8 Å². The van der Waals surface area contributed by atoms with Gasteiger partial charge < -0.3 is 5.32 Å². The van der Waals surface area contributed by atoms with Crippen molar-refractivity contribution in [1.82, 2.24) is 10.2 Å². The van der Waals surface area contributed by atoms with Crippen LogP contribution in [0.3, 0.4) is 0 Å². The summed E-state index contributed by atoms with van der Waals surface area (Å²) in [5.41, 5.74) is 0. The van der Waals surface area contributed by atoms with Crippen LogP contribution in [0, 0.1) is 0 Å². The first-order valence-electron chi connectivity index (χ1n) is 4.93. The van der Waals surface area contributed by atoms with E-state index in [-0.39, 0.29) is 12.4 Å². The van der Waals surface area contributed by atoms with Gasteiger partial charge in [-0.2, -0.15) is 0 Å². The maximum absolute atomic E-state index is 5.89. The van der Waals surface area contributed by atoms with Crippen LogP contribution in [0.5, 0.6) is 0 Å². The molecule has 2 nitrogen and oxygen atoms in total. The fourth-order valence-electron chi connectivity index (χ4n) is 1.75. The second-order valence-corrected chi connectivity index (χ2v) is 5.19. The Hall–Kier alpha value is 0.200. The standard InChI is InChI=1S/C10H15ClN2S.ClH/c1-8-5-12-2-3-13(8)6-10-4-9(11)7-14-10;/h4,7-8,12H,2-3,5-6H2,1H3;1H/t8-;/m0./s1. The molecule has 0 saturated carbocycles. The first-order valence-corrected chi connectivity index (χ1v) is 6.19. The summed E-state index contributed by atoms with van der Waals surface area (Å²) >= 11 is 7.65. The smallest absolute Gasteiger partial charge is 0.0516 e. The number of hydrogen-bond donors (Lipinski definition) is 1. The van der Waals surface area contributed by atoms with E-state index in [4.69, 9.17) is 11.6 Å². The largest absolute Gasteiger partial charge is 0.314 e. The average Bonchev–Trinajstić information content (AvgIpc) is 2.56. The van der Waals surface area contributed by atoms with Crippen LogP contribution in [-0.2, 0) is 6.54 Å². The van der Waals surface area contributed by atoms with E-state index >= 15 is 0 Å². The molecular weight excluding hydrogens is 251 g/mol. The van der Waals surface area contributed by atoms with E-state index in [1.165, 1.54) is 4.88 Å². The zero-order valence-corrected chi connectivity index (χ0v) is 11.1. The molecule has 15 heavy (non-hydrogen) atoms. The molecule has 1 atom stereocenters. The summed E-state index contributed by atoms with van der Waals surface area (Å²) in [4.78, 5) is 3.86. The Morgan fingerprint density at radius 3 is 3.07 bits per heavy atom. The molecule has 1 saturated heterocycles. The fraction of sp³-hybridized carbons (Fsp3) is 0.600. The maximum Gasteiger partial charge on any atom is 0.0516 e. The highest BCUT2D eigenvalue weighted by Crippen LogP contribution is 2.21. The summed E-state index contributed by atoms with van der Waals surface area (Å²) in [5, 5.41) is 6.26. The van der Waals surface area contributed by atoms with E-state index < -0.39 is 0 Å². The molecule has 1 N–H and O–H groups in total. The predicted octanol–water partition coefficient (Wildman–Crippen LogP) is 2.62. The summed E-state index contributed by atoms with van der Waals surface area (Å²) in [6.45, 7) is 6.64. The minimum atomic E-state index is 0. The van der Waals surface area contributed by atoms with Crippen molar-refractivity contribution in [3.05, 3.63) is 21.3 Å². The summed E-state index contributed by atoms with van der Waals surface area (Å²) in [6, 6.07) is 2.70. The van der Waals surface area contributed by atoms with Crippen LogP contribution in [0.2, 0.25) is 5.02 Å². The first kappa shape index (κ1) is 13.3. The van der Waals surface area contributed by atoms with Crippen LogP contribution in [0.25, 0.3) is 0 Å². The zero-order chi connectivity index (χ0) is 9.97. The quantitative estimate of drug-likeness (QED) is 0.886. The van der Waals surface area contributed by atoms with Gasteiger partial charge in [0.25, 0.3) is 0 Å². The van der Waals surface area contributed by atoms with Gasteiger partial charge in [0.1, 0.15) is 0 Å². The van der Waals surface area contributed by atoms with Crippen LogP contribution in [-0.4, -0.2) is 30.6 Å². The highest BCUT2D eigenvalue weighted by Gasteiger charge is 2.18. The molecule has 5 heteroatoms. The lowest BCUT2D eigenvalue weighted by Crippen LogP contribution is -2.49. The SMILES string of the molecule is C[C@H]1CNCCN1Cc1cc(Cl)cs1.Cl. The monoisotopic (exact) mass is 266 g/mol. The highest BCUT2D eigenvalue weighted by molar-refractivity contribution is 7.10. The number of nitrogens with one attached hydrogen (secondary N) is 1. The normalized spacial score (nSPS) is 22.4. The lowest BCUT2D eigenvalue weighted by Gasteiger charge is -2.33. The Bertz CT molecular complexity index is 303. The molecule has 2 rings (SSSR count). The third-order valence-electron chi connectivity index (χ3n) is 2.62. The van der Waals surface area contributed by atoms with Gasteiger partial charge in [0, 0.05) is 42.5 Å². The van der Waals surface area contributed by atoms with Gasteiger partial charge in [-0.3, -0.25) is 4.90 Å². The molecule has 0 unspecified atom stereocenters. The molecule has 0 radical (unpaired) electrons. The van der Waals surface area contributed by atoms with E-state index in [1.807, 2.05) is 5.38 Å². The maximum atomic E-state index is 5.89. The number of nitrogens with zero attached hydrogens (tertiary/aromatic N) is 1. The Morgan fingerprint density at radius 1 is 1.67 bits per heavy atom. The molecule has 0 bridgehead atoms. The lowest BCUT2D eigenvalue weighted by atomic mass is 10.2. The number of hydrogen-bond acceptors (Lipinski definition) is 3. The molecule has 1 aromatic rings. The van der Waals surface area contributed by atoms with Crippen molar-refractivity contribution in [2.24, 2.45) is 0 Å². The Balaban J connectivity index is 0.00000112. The Morgan fingerprint density at radius 2 is 2.47 bits per heavy atom. The van der Waals surface area contributed by atoms with Gasteiger partial charge in [0.2, 0.25) is 0 Å². The number of piperazine rings is 1. The van der Waals surface area contributed by atoms with E-state index in [9.17, 15) is 0 Å². The summed E-state index contributed by atoms with van der Waals surface area (Å²) in [6.07, 6.45) is 0. The van der Waals surface area contributed by atoms with Gasteiger partial charge >= 0.3 is 0 Å². The van der Waals surface area contributed by atoms with E-state index in [1.54, 1.807) is 11.3 Å². The van der Waals surface area contributed by atoms with E-state index in [2.05, 4.69) is 23.2 Å². The topological polar surface area (TPSA) is 15.3 Å². The van der Waals surface area contributed by atoms with Gasteiger partial charge in [0.05, 0.1) is 5.02 Å². The minimum absolute atomic E-state index is 0. The van der Waals surface area contributed by atoms with Gasteiger partial charge in [-0.15, -0.1) is 23.7 Å². The number of halogens is 2. The molecule has 0 amide bonds. The molecule has 0 aromatic carbocycles. The van der Waals surface area contributed by atoms with Crippen molar-refractivity contribution in [2.45, 2.75) is 19.5 Å². The Kier molecular flexibility index (Phi) is 5.36. The number of thiophene rings is 1. The minimum Gasteiger partial charge on any atom is -0.314 e. The van der Waals surface area contributed by atoms with Crippen LogP contribution in [0.15, 0.2) is 11.4 Å². The van der Waals surface area contributed by atoms with Crippen molar-refractivity contribution in [3.8, 4) is 0 Å². The first-order chi connectivity index (χ1) is 6.75. The lowest BCUT2D eigenvalue weighted by molar-refractivity contribution is 0.167. The average molecular weight is 267 g/mol. The molecule has 1 aliphatic heterocycles. The van der Waals surface area contributed by atoms with Gasteiger partial charge in [-0.05, 0) is 13.0 Å². The van der Waals surface area contributed by atoms with Crippen molar-refractivity contribution < 1.29 is 0 Å². The summed E-state index contributed by atoms with van der Waals surface area (Å²) < 4.78 is 0. The molecule has 0 aliphatic carbocycles. The van der Waals surface area contributed by atoms with Gasteiger partial charge in [0.15, 0.2) is 0 Å². The predicted molar refractivity (Wildman–Crippen MR) is 69.3 cm³/mol. The van der Waals surface area contributed by atoms with Crippen LogP contribution < -0.4 is 5.32 Å². The highest BCUT2D eigenvalue weighted by atomic mass is 35.5. The van der Waals surface area contributed by atoms with Crippen LogP contribution in [0.4, 0.5) is 0 Å². The van der Waals surface area contributed by atoms with Gasteiger partial charge in [-0.25, -0.2) is 0 Å². The Labute approximate surface area is 106 Å². The zero-order valence-electron chi connectivity index (χ0n) is 8.70.